The van der Waals surface area contributed by atoms with Gasteiger partial charge in [0.1, 0.15) is 5.75 Å². The van der Waals surface area contributed by atoms with Gasteiger partial charge in [-0.05, 0) is 52.7 Å². The van der Waals surface area contributed by atoms with Crippen molar-refractivity contribution >= 4 is 48.5 Å². The van der Waals surface area contributed by atoms with Gasteiger partial charge in [-0.2, -0.15) is 0 Å². The number of nitrogens with zero attached hydrogens (tertiary/aromatic N) is 3. The SMILES string of the molecule is COc1ccc2nc(N(CCCN3CCOCC3)C(=O)c3ccc(Br)o3)sc2c1. The van der Waals surface area contributed by atoms with Gasteiger partial charge in [0.05, 0.1) is 30.5 Å². The second-order valence-corrected chi connectivity index (χ2v) is 8.49. The van der Waals surface area contributed by atoms with Crippen molar-refractivity contribution in [3.63, 3.8) is 0 Å². The normalized spacial score (nSPS) is 15.0. The topological polar surface area (TPSA) is 68.0 Å². The highest BCUT2D eigenvalue weighted by molar-refractivity contribution is 9.10. The molecule has 1 saturated heterocycles. The van der Waals surface area contributed by atoms with Crippen LogP contribution < -0.4 is 9.64 Å². The molecule has 7 nitrogen and oxygen atoms in total. The van der Waals surface area contributed by atoms with Crippen LogP contribution in [0.5, 0.6) is 5.75 Å². The third-order valence-electron chi connectivity index (χ3n) is 4.80. The fourth-order valence-corrected chi connectivity index (χ4v) is 4.58. The second kappa shape index (κ2) is 9.25. The van der Waals surface area contributed by atoms with E-state index in [0.29, 0.717) is 22.1 Å². The molecule has 9 heteroatoms. The maximum absolute atomic E-state index is 13.2. The first-order chi connectivity index (χ1) is 14.1. The Hall–Kier alpha value is -1.94. The highest BCUT2D eigenvalue weighted by Gasteiger charge is 2.24. The lowest BCUT2D eigenvalue weighted by atomic mass is 10.3. The molecular weight excluding hydrogens is 458 g/mol. The van der Waals surface area contributed by atoms with Crippen molar-refractivity contribution in [2.45, 2.75) is 6.42 Å². The van der Waals surface area contributed by atoms with Crippen LogP contribution in [-0.2, 0) is 4.74 Å². The third-order valence-corrected chi connectivity index (χ3v) is 6.27. The minimum absolute atomic E-state index is 0.191. The van der Waals surface area contributed by atoms with Gasteiger partial charge in [-0.15, -0.1) is 0 Å². The summed E-state index contributed by atoms with van der Waals surface area (Å²) >= 11 is 4.75. The average Bonchev–Trinajstić information content (AvgIpc) is 3.37. The molecule has 2 aromatic heterocycles. The van der Waals surface area contributed by atoms with E-state index in [-0.39, 0.29) is 5.91 Å². The first-order valence-corrected chi connectivity index (χ1v) is 11.1. The van der Waals surface area contributed by atoms with Gasteiger partial charge >= 0.3 is 0 Å². The number of furan rings is 1. The molecule has 0 bridgehead atoms. The zero-order valence-corrected chi connectivity index (χ0v) is 18.5. The van der Waals surface area contributed by atoms with E-state index in [0.717, 1.165) is 55.2 Å². The first kappa shape index (κ1) is 20.3. The predicted molar refractivity (Wildman–Crippen MR) is 116 cm³/mol. The lowest BCUT2D eigenvalue weighted by Crippen LogP contribution is -2.39. The largest absolute Gasteiger partial charge is 0.497 e. The van der Waals surface area contributed by atoms with E-state index in [9.17, 15) is 4.79 Å². The lowest BCUT2D eigenvalue weighted by Gasteiger charge is -2.27. The van der Waals surface area contributed by atoms with Crippen LogP contribution in [-0.4, -0.2) is 62.3 Å². The van der Waals surface area contributed by atoms with Gasteiger partial charge in [-0.25, -0.2) is 4.98 Å². The quantitative estimate of drug-likeness (QED) is 0.509. The highest BCUT2D eigenvalue weighted by Crippen LogP contribution is 2.32. The molecule has 0 aliphatic carbocycles. The molecule has 1 amide bonds. The number of halogens is 1. The zero-order valence-electron chi connectivity index (χ0n) is 16.1. The highest BCUT2D eigenvalue weighted by atomic mass is 79.9. The summed E-state index contributed by atoms with van der Waals surface area (Å²) in [7, 11) is 1.64. The van der Waals surface area contributed by atoms with Gasteiger partial charge in [-0.1, -0.05) is 11.3 Å². The maximum Gasteiger partial charge on any atom is 0.295 e. The van der Waals surface area contributed by atoms with Crippen LogP contribution in [0.1, 0.15) is 17.0 Å². The van der Waals surface area contributed by atoms with Gasteiger partial charge in [0.15, 0.2) is 15.6 Å². The van der Waals surface area contributed by atoms with Gasteiger partial charge < -0.3 is 13.9 Å². The monoisotopic (exact) mass is 479 g/mol. The van der Waals surface area contributed by atoms with Crippen LogP contribution in [0.25, 0.3) is 10.2 Å². The number of thiazole rings is 1. The first-order valence-electron chi connectivity index (χ1n) is 9.46. The van der Waals surface area contributed by atoms with Gasteiger partial charge in [-0.3, -0.25) is 14.6 Å². The fraction of sp³-hybridized carbons (Fsp3) is 0.400. The standard InChI is InChI=1S/C20H22BrN3O4S/c1-26-14-3-4-15-17(13-14)29-20(22-15)24(19(25)16-5-6-18(21)28-16)8-2-7-23-9-11-27-12-10-23/h3-6,13H,2,7-12H2,1H3. The maximum atomic E-state index is 13.2. The molecule has 1 aliphatic rings. The van der Waals surface area contributed by atoms with E-state index in [1.54, 1.807) is 24.1 Å². The number of methoxy groups -OCH3 is 1. The van der Waals surface area contributed by atoms with Gasteiger partial charge in [0.25, 0.3) is 5.91 Å². The number of fused-ring (bicyclic) bond motifs is 1. The number of benzene rings is 1. The van der Waals surface area contributed by atoms with E-state index in [1.807, 2.05) is 18.2 Å². The number of rotatable bonds is 7. The van der Waals surface area contributed by atoms with Crippen LogP contribution in [0.4, 0.5) is 5.13 Å². The molecule has 1 aromatic carbocycles. The Morgan fingerprint density at radius 1 is 1.31 bits per heavy atom. The predicted octanol–water partition coefficient (Wildman–Crippen LogP) is 4.03. The smallest absolute Gasteiger partial charge is 0.295 e. The van der Waals surface area contributed by atoms with Crippen LogP contribution in [0, 0.1) is 0 Å². The molecular formula is C20H22BrN3O4S. The lowest BCUT2D eigenvalue weighted by molar-refractivity contribution is 0.0376. The molecule has 0 atom stereocenters. The van der Waals surface area contributed by atoms with Gasteiger partial charge in [0.2, 0.25) is 0 Å². The van der Waals surface area contributed by atoms with Crippen LogP contribution in [0.2, 0.25) is 0 Å². The number of anilines is 1. The Balaban J connectivity index is 1.56. The summed E-state index contributed by atoms with van der Waals surface area (Å²) in [6.07, 6.45) is 0.840. The number of hydrogen-bond acceptors (Lipinski definition) is 7. The Bertz CT molecular complexity index is 983. The Morgan fingerprint density at radius 3 is 2.86 bits per heavy atom. The number of carbonyl (C=O) groups excluding carboxylic acids is 1. The molecule has 0 radical (unpaired) electrons. The number of ether oxygens (including phenoxy) is 2. The number of hydrogen-bond donors (Lipinski definition) is 0. The summed E-state index contributed by atoms with van der Waals surface area (Å²) in [5.74, 6) is 0.872. The van der Waals surface area contributed by atoms with Crippen molar-refractivity contribution in [3.8, 4) is 5.75 Å². The minimum Gasteiger partial charge on any atom is -0.497 e. The number of amides is 1. The zero-order chi connectivity index (χ0) is 20.2. The Kier molecular flexibility index (Phi) is 6.49. The average molecular weight is 480 g/mol. The van der Waals surface area contributed by atoms with E-state index >= 15 is 0 Å². The molecule has 1 aliphatic heterocycles. The van der Waals surface area contributed by atoms with Crippen LogP contribution in [0.3, 0.4) is 0 Å². The molecule has 1 fully saturated rings. The second-order valence-electron chi connectivity index (χ2n) is 6.70. The van der Waals surface area contributed by atoms with Crippen molar-refractivity contribution in [1.82, 2.24) is 9.88 Å². The molecule has 29 heavy (non-hydrogen) atoms. The summed E-state index contributed by atoms with van der Waals surface area (Å²) in [5.41, 5.74) is 0.845. The van der Waals surface area contributed by atoms with Crippen molar-refractivity contribution in [3.05, 3.63) is 40.8 Å². The molecule has 0 N–H and O–H groups in total. The van der Waals surface area contributed by atoms with E-state index in [1.165, 1.54) is 11.3 Å². The van der Waals surface area contributed by atoms with Gasteiger partial charge in [0, 0.05) is 26.2 Å². The van der Waals surface area contributed by atoms with Crippen molar-refractivity contribution < 1.29 is 18.7 Å². The van der Waals surface area contributed by atoms with E-state index in [2.05, 4.69) is 25.8 Å². The van der Waals surface area contributed by atoms with Crippen molar-refractivity contribution in [2.24, 2.45) is 0 Å². The van der Waals surface area contributed by atoms with E-state index < -0.39 is 0 Å². The number of aromatic nitrogens is 1. The molecule has 154 valence electrons. The van der Waals surface area contributed by atoms with Crippen molar-refractivity contribution in [1.29, 1.82) is 0 Å². The molecule has 4 rings (SSSR count). The minimum atomic E-state index is -0.191. The third kappa shape index (κ3) is 4.80. The number of carbonyl (C=O) groups is 1. The molecule has 3 aromatic rings. The summed E-state index contributed by atoms with van der Waals surface area (Å²) in [4.78, 5) is 21.9. The molecule has 0 saturated carbocycles. The van der Waals surface area contributed by atoms with Crippen LogP contribution >= 0.6 is 27.3 Å². The summed E-state index contributed by atoms with van der Waals surface area (Å²) in [6, 6.07) is 9.13. The molecule has 0 spiro atoms. The summed E-state index contributed by atoms with van der Waals surface area (Å²) in [5, 5.41) is 0.660. The van der Waals surface area contributed by atoms with E-state index in [4.69, 9.17) is 13.9 Å². The summed E-state index contributed by atoms with van der Waals surface area (Å²) in [6.45, 7) is 4.87. The molecule has 0 unspecified atom stereocenters. The van der Waals surface area contributed by atoms with Crippen molar-refractivity contribution in [2.75, 3.05) is 51.4 Å². The number of morpholine rings is 1. The Labute approximate surface area is 181 Å². The fourth-order valence-electron chi connectivity index (χ4n) is 3.26. The summed E-state index contributed by atoms with van der Waals surface area (Å²) < 4.78 is 17.7. The Morgan fingerprint density at radius 2 is 2.14 bits per heavy atom. The van der Waals surface area contributed by atoms with Crippen LogP contribution in [0.15, 0.2) is 39.4 Å². The molecule has 3 heterocycles.